The fourth-order valence-electron chi connectivity index (χ4n) is 1.22. The first kappa shape index (κ1) is 14.5. The lowest BCUT2D eigenvalue weighted by molar-refractivity contribution is -0.156. The molecule has 0 aliphatic heterocycles. The van der Waals surface area contributed by atoms with Gasteiger partial charge in [0.2, 0.25) is 0 Å². The van der Waals surface area contributed by atoms with Crippen LogP contribution in [-0.4, -0.2) is 29.4 Å². The van der Waals surface area contributed by atoms with Crippen molar-refractivity contribution < 1.29 is 19.7 Å². The van der Waals surface area contributed by atoms with Crippen LogP contribution in [0.3, 0.4) is 0 Å². The normalized spacial score (nSPS) is 14.2. The van der Waals surface area contributed by atoms with Gasteiger partial charge in [-0.3, -0.25) is 0 Å². The first-order chi connectivity index (χ1) is 7.90. The number of halogens is 3. The van der Waals surface area contributed by atoms with Gasteiger partial charge < -0.3 is 14.9 Å². The first-order valence-electron chi connectivity index (χ1n) is 4.47. The lowest BCUT2D eigenvalue weighted by Gasteiger charge is -2.18. The standard InChI is InChI=1S/C10H9Cl3O4/c1-17-10(16)9(15)8(14)6-4(11)2-3-5(12)7(6)13/h2-3,8-9,14-15H,1H3. The Morgan fingerprint density at radius 3 is 2.29 bits per heavy atom. The molecule has 0 aliphatic rings. The van der Waals surface area contributed by atoms with E-state index in [9.17, 15) is 15.0 Å². The molecule has 2 atom stereocenters. The average molecular weight is 300 g/mol. The van der Waals surface area contributed by atoms with Crippen molar-refractivity contribution in [1.29, 1.82) is 0 Å². The molecule has 1 rings (SSSR count). The van der Waals surface area contributed by atoms with E-state index in [4.69, 9.17) is 34.8 Å². The summed E-state index contributed by atoms with van der Waals surface area (Å²) < 4.78 is 4.30. The molecular formula is C10H9Cl3O4. The number of carbonyl (C=O) groups is 1. The molecule has 7 heteroatoms. The van der Waals surface area contributed by atoms with Crippen LogP contribution in [0.5, 0.6) is 0 Å². The van der Waals surface area contributed by atoms with Gasteiger partial charge in [0.05, 0.1) is 17.2 Å². The van der Waals surface area contributed by atoms with Crippen LogP contribution in [-0.2, 0) is 9.53 Å². The van der Waals surface area contributed by atoms with Gasteiger partial charge in [-0.2, -0.15) is 0 Å². The van der Waals surface area contributed by atoms with Gasteiger partial charge in [-0.15, -0.1) is 0 Å². The number of methoxy groups -OCH3 is 1. The van der Waals surface area contributed by atoms with Crippen LogP contribution >= 0.6 is 34.8 Å². The van der Waals surface area contributed by atoms with Gasteiger partial charge in [-0.25, -0.2) is 4.79 Å². The number of rotatable bonds is 3. The Hall–Kier alpha value is -0.520. The number of benzene rings is 1. The maximum atomic E-state index is 11.1. The SMILES string of the molecule is COC(=O)C(O)C(O)c1c(Cl)ccc(Cl)c1Cl. The lowest BCUT2D eigenvalue weighted by atomic mass is 10.0. The van der Waals surface area contributed by atoms with Crippen molar-refractivity contribution >= 4 is 40.8 Å². The molecule has 0 saturated carbocycles. The Morgan fingerprint density at radius 1 is 1.24 bits per heavy atom. The van der Waals surface area contributed by atoms with E-state index in [-0.39, 0.29) is 20.6 Å². The first-order valence-corrected chi connectivity index (χ1v) is 5.61. The van der Waals surface area contributed by atoms with Crippen LogP contribution in [0.4, 0.5) is 0 Å². The van der Waals surface area contributed by atoms with Crippen molar-refractivity contribution in [3.8, 4) is 0 Å². The summed E-state index contributed by atoms with van der Waals surface area (Å²) in [6, 6.07) is 2.84. The van der Waals surface area contributed by atoms with Gasteiger partial charge in [-0.1, -0.05) is 34.8 Å². The summed E-state index contributed by atoms with van der Waals surface area (Å²) in [5.41, 5.74) is -0.0151. The molecule has 2 N–H and O–H groups in total. The number of aliphatic hydroxyl groups excluding tert-OH is 2. The molecule has 0 aromatic heterocycles. The number of esters is 1. The van der Waals surface area contributed by atoms with E-state index >= 15 is 0 Å². The van der Waals surface area contributed by atoms with Crippen LogP contribution in [0, 0.1) is 0 Å². The summed E-state index contributed by atoms with van der Waals surface area (Å²) in [5.74, 6) is -0.996. The molecule has 0 aliphatic carbocycles. The third-order valence-corrected chi connectivity index (χ3v) is 3.27. The second kappa shape index (κ2) is 5.89. The zero-order valence-electron chi connectivity index (χ0n) is 8.65. The van der Waals surface area contributed by atoms with Gasteiger partial charge in [0.25, 0.3) is 0 Å². The minimum absolute atomic E-state index is 0.0151. The average Bonchev–Trinajstić information content (AvgIpc) is 2.32. The summed E-state index contributed by atoms with van der Waals surface area (Å²) in [6.07, 6.45) is -3.39. The molecule has 4 nitrogen and oxygen atoms in total. The summed E-state index contributed by atoms with van der Waals surface area (Å²) in [4.78, 5) is 11.1. The van der Waals surface area contributed by atoms with E-state index < -0.39 is 18.2 Å². The fourth-order valence-corrected chi connectivity index (χ4v) is 1.98. The quantitative estimate of drug-likeness (QED) is 0.663. The number of aliphatic hydroxyl groups is 2. The number of ether oxygens (including phenoxy) is 1. The molecule has 0 radical (unpaired) electrons. The van der Waals surface area contributed by atoms with Crippen LogP contribution < -0.4 is 0 Å². The molecule has 0 bridgehead atoms. The Balaban J connectivity index is 3.16. The van der Waals surface area contributed by atoms with Crippen LogP contribution in [0.25, 0.3) is 0 Å². The highest BCUT2D eigenvalue weighted by Gasteiger charge is 2.30. The van der Waals surface area contributed by atoms with Crippen LogP contribution in [0.15, 0.2) is 12.1 Å². The van der Waals surface area contributed by atoms with Crippen molar-refractivity contribution in [3.05, 3.63) is 32.8 Å². The molecule has 0 saturated heterocycles. The molecule has 1 aromatic carbocycles. The zero-order valence-corrected chi connectivity index (χ0v) is 10.9. The third kappa shape index (κ3) is 3.03. The summed E-state index contributed by atoms with van der Waals surface area (Å²) in [6.45, 7) is 0. The summed E-state index contributed by atoms with van der Waals surface area (Å²) in [7, 11) is 1.08. The number of hydrogen-bond donors (Lipinski definition) is 2. The fraction of sp³-hybridized carbons (Fsp3) is 0.300. The molecule has 1 aromatic rings. The Kier molecular flexibility index (Phi) is 5.04. The van der Waals surface area contributed by atoms with Crippen molar-refractivity contribution in [3.63, 3.8) is 0 Å². The van der Waals surface area contributed by atoms with E-state index in [0.29, 0.717) is 0 Å². The van der Waals surface area contributed by atoms with E-state index in [0.717, 1.165) is 7.11 Å². The summed E-state index contributed by atoms with van der Waals surface area (Å²) >= 11 is 17.4. The lowest BCUT2D eigenvalue weighted by Crippen LogP contribution is -2.29. The Labute approximate surface area is 113 Å². The second-order valence-electron chi connectivity index (χ2n) is 3.17. The van der Waals surface area contributed by atoms with Crippen LogP contribution in [0.2, 0.25) is 15.1 Å². The zero-order chi connectivity index (χ0) is 13.2. The molecule has 17 heavy (non-hydrogen) atoms. The van der Waals surface area contributed by atoms with Gasteiger partial charge in [0, 0.05) is 10.6 Å². The molecular weight excluding hydrogens is 290 g/mol. The van der Waals surface area contributed by atoms with Gasteiger partial charge in [0.15, 0.2) is 6.10 Å². The van der Waals surface area contributed by atoms with Gasteiger partial charge >= 0.3 is 5.97 Å². The predicted molar refractivity (Wildman–Crippen MR) is 64.5 cm³/mol. The molecule has 0 amide bonds. The molecule has 0 spiro atoms. The maximum Gasteiger partial charge on any atom is 0.337 e. The largest absolute Gasteiger partial charge is 0.467 e. The minimum Gasteiger partial charge on any atom is -0.467 e. The molecule has 2 unspecified atom stereocenters. The second-order valence-corrected chi connectivity index (χ2v) is 4.36. The topological polar surface area (TPSA) is 66.8 Å². The summed E-state index contributed by atoms with van der Waals surface area (Å²) in [5, 5.41) is 19.5. The van der Waals surface area contributed by atoms with Crippen molar-refractivity contribution in [1.82, 2.24) is 0 Å². The van der Waals surface area contributed by atoms with E-state index in [1.165, 1.54) is 12.1 Å². The number of hydrogen-bond acceptors (Lipinski definition) is 4. The third-order valence-electron chi connectivity index (χ3n) is 2.12. The highest BCUT2D eigenvalue weighted by atomic mass is 35.5. The maximum absolute atomic E-state index is 11.1. The molecule has 0 fully saturated rings. The van der Waals surface area contributed by atoms with E-state index in [2.05, 4.69) is 4.74 Å². The van der Waals surface area contributed by atoms with Gasteiger partial charge in [-0.05, 0) is 12.1 Å². The van der Waals surface area contributed by atoms with Crippen molar-refractivity contribution in [2.24, 2.45) is 0 Å². The Morgan fingerprint density at radius 2 is 1.76 bits per heavy atom. The minimum atomic E-state index is -1.78. The number of carbonyl (C=O) groups excluding carboxylic acids is 1. The monoisotopic (exact) mass is 298 g/mol. The molecule has 0 heterocycles. The van der Waals surface area contributed by atoms with E-state index in [1.54, 1.807) is 0 Å². The Bertz CT molecular complexity index is 436. The highest BCUT2D eigenvalue weighted by molar-refractivity contribution is 6.44. The predicted octanol–water partition coefficient (Wildman–Crippen LogP) is 2.21. The van der Waals surface area contributed by atoms with E-state index in [1.807, 2.05) is 0 Å². The van der Waals surface area contributed by atoms with Crippen molar-refractivity contribution in [2.75, 3.05) is 7.11 Å². The smallest absolute Gasteiger partial charge is 0.337 e. The van der Waals surface area contributed by atoms with Crippen molar-refractivity contribution in [2.45, 2.75) is 12.2 Å². The van der Waals surface area contributed by atoms with Crippen LogP contribution in [0.1, 0.15) is 11.7 Å². The molecule has 94 valence electrons. The highest BCUT2D eigenvalue weighted by Crippen LogP contribution is 2.36. The van der Waals surface area contributed by atoms with Gasteiger partial charge in [0.1, 0.15) is 6.10 Å².